The van der Waals surface area contributed by atoms with E-state index in [2.05, 4.69) is 30.6 Å². The fourth-order valence-electron chi connectivity index (χ4n) is 2.22. The summed E-state index contributed by atoms with van der Waals surface area (Å²) >= 11 is 0. The van der Waals surface area contributed by atoms with Crippen LogP contribution in [0, 0.1) is 0 Å². The van der Waals surface area contributed by atoms with Crippen molar-refractivity contribution in [3.05, 3.63) is 36.4 Å². The quantitative estimate of drug-likeness (QED) is 0.259. The van der Waals surface area contributed by atoms with Crippen LogP contribution in [0.4, 0.5) is 0 Å². The molecule has 0 fully saturated rings. The second-order valence-electron chi connectivity index (χ2n) is 5.80. The molecule has 7 N–H and O–H groups in total. The molecule has 1 radical (unpaired) electrons. The number of aromatic amines is 2. The van der Waals surface area contributed by atoms with Gasteiger partial charge in [0.05, 0.1) is 18.7 Å². The number of nitrogens with zero attached hydrogens (tertiary/aromatic N) is 2. The molecule has 2 aromatic rings. The summed E-state index contributed by atoms with van der Waals surface area (Å²) < 4.78 is 0. The van der Waals surface area contributed by atoms with Gasteiger partial charge in [-0.05, 0) is 6.92 Å². The fourth-order valence-corrected chi connectivity index (χ4v) is 2.22. The van der Waals surface area contributed by atoms with Gasteiger partial charge in [-0.1, -0.05) is 0 Å². The molecule has 12 heteroatoms. The monoisotopic (exact) mass is 426 g/mol. The number of amides is 2. The van der Waals surface area contributed by atoms with Crippen LogP contribution in [-0.2, 0) is 44.3 Å². The molecular formula is C15H21CuN7O4+2. The molecule has 2 amide bonds. The first-order valence-corrected chi connectivity index (χ1v) is 7.90. The molecule has 0 aliphatic carbocycles. The number of nitrogens with two attached hydrogens (primary N) is 1. The van der Waals surface area contributed by atoms with E-state index in [0.717, 1.165) is 0 Å². The van der Waals surface area contributed by atoms with E-state index >= 15 is 0 Å². The van der Waals surface area contributed by atoms with E-state index in [9.17, 15) is 19.5 Å². The number of hydrogen-bond acceptors (Lipinski definition) is 6. The minimum Gasteiger partial charge on any atom is -0.480 e. The van der Waals surface area contributed by atoms with Crippen LogP contribution < -0.4 is 16.4 Å². The number of aromatic nitrogens is 4. The van der Waals surface area contributed by atoms with E-state index in [1.54, 1.807) is 6.20 Å². The average Bonchev–Trinajstić information content (AvgIpc) is 3.27. The van der Waals surface area contributed by atoms with Crippen molar-refractivity contribution in [1.82, 2.24) is 30.6 Å². The Hall–Kier alpha value is -2.69. The van der Waals surface area contributed by atoms with E-state index in [4.69, 9.17) is 5.73 Å². The van der Waals surface area contributed by atoms with Gasteiger partial charge in [0, 0.05) is 36.6 Å². The number of carboxylic acid groups (broad SMARTS) is 1. The van der Waals surface area contributed by atoms with Gasteiger partial charge in [0.2, 0.25) is 11.8 Å². The van der Waals surface area contributed by atoms with Crippen molar-refractivity contribution >= 4 is 17.8 Å². The maximum absolute atomic E-state index is 12.2. The van der Waals surface area contributed by atoms with Gasteiger partial charge in [0.15, 0.2) is 0 Å². The van der Waals surface area contributed by atoms with Crippen molar-refractivity contribution in [2.75, 3.05) is 0 Å². The zero-order valence-electron chi connectivity index (χ0n) is 14.4. The second-order valence-corrected chi connectivity index (χ2v) is 5.80. The third-order valence-corrected chi connectivity index (χ3v) is 3.68. The van der Waals surface area contributed by atoms with Crippen LogP contribution in [0.1, 0.15) is 18.3 Å². The van der Waals surface area contributed by atoms with Crippen LogP contribution >= 0.6 is 0 Å². The molecule has 2 rings (SSSR count). The van der Waals surface area contributed by atoms with E-state index in [-0.39, 0.29) is 29.9 Å². The van der Waals surface area contributed by atoms with Gasteiger partial charge in [-0.15, -0.1) is 0 Å². The Labute approximate surface area is 165 Å². The molecule has 0 saturated heterocycles. The van der Waals surface area contributed by atoms with Gasteiger partial charge in [0.1, 0.15) is 12.1 Å². The topological polar surface area (TPSA) is 179 Å². The first-order chi connectivity index (χ1) is 12.4. The smallest absolute Gasteiger partial charge is 0.480 e. The molecule has 0 spiro atoms. The van der Waals surface area contributed by atoms with Crippen molar-refractivity contribution in [3.63, 3.8) is 0 Å². The number of aliphatic carboxylic acids is 1. The SMILES string of the molecule is C[C@H](NC(=O)[C@@H](N)Cc1cnc[nH]1)C(=O)N[C@@H](Cc1cnc[nH]1)C(=O)O.[Cu+2]. The maximum Gasteiger partial charge on any atom is 2.00 e. The second kappa shape index (κ2) is 10.5. The van der Waals surface area contributed by atoms with Crippen LogP contribution in [-0.4, -0.2) is 61.0 Å². The van der Waals surface area contributed by atoms with Gasteiger partial charge in [0.25, 0.3) is 0 Å². The van der Waals surface area contributed by atoms with E-state index in [0.29, 0.717) is 11.4 Å². The summed E-state index contributed by atoms with van der Waals surface area (Å²) in [5, 5.41) is 14.1. The Kier molecular flexibility index (Phi) is 8.66. The Bertz CT molecular complexity index is 735. The largest absolute Gasteiger partial charge is 2.00 e. The number of imidazole rings is 2. The third-order valence-electron chi connectivity index (χ3n) is 3.68. The summed E-state index contributed by atoms with van der Waals surface area (Å²) in [7, 11) is 0. The van der Waals surface area contributed by atoms with Crippen molar-refractivity contribution in [2.24, 2.45) is 5.73 Å². The molecule has 27 heavy (non-hydrogen) atoms. The van der Waals surface area contributed by atoms with Crippen LogP contribution in [0.2, 0.25) is 0 Å². The molecule has 0 unspecified atom stereocenters. The summed E-state index contributed by atoms with van der Waals surface area (Å²) in [6.07, 6.45) is 6.19. The van der Waals surface area contributed by atoms with E-state index < -0.39 is 35.9 Å². The number of nitrogens with one attached hydrogen (secondary N) is 4. The van der Waals surface area contributed by atoms with Crippen LogP contribution in [0.5, 0.6) is 0 Å². The molecule has 3 atom stereocenters. The van der Waals surface area contributed by atoms with Crippen LogP contribution in [0.25, 0.3) is 0 Å². The number of rotatable bonds is 9. The Balaban J connectivity index is 0.00000364. The molecule has 11 nitrogen and oxygen atoms in total. The minimum atomic E-state index is -1.19. The van der Waals surface area contributed by atoms with Gasteiger partial charge < -0.3 is 31.4 Å². The van der Waals surface area contributed by atoms with Gasteiger partial charge >= 0.3 is 23.0 Å². The van der Waals surface area contributed by atoms with Gasteiger partial charge in [-0.25, -0.2) is 14.8 Å². The fraction of sp³-hybridized carbons (Fsp3) is 0.400. The van der Waals surface area contributed by atoms with Gasteiger partial charge in [-0.2, -0.15) is 0 Å². The summed E-state index contributed by atoms with van der Waals surface area (Å²) in [4.78, 5) is 48.8. The zero-order valence-corrected chi connectivity index (χ0v) is 15.3. The number of carbonyl (C=O) groups excluding carboxylic acids is 2. The Morgan fingerprint density at radius 1 is 1.07 bits per heavy atom. The summed E-state index contributed by atoms with van der Waals surface area (Å²) in [5.41, 5.74) is 7.06. The summed E-state index contributed by atoms with van der Waals surface area (Å²) in [6.45, 7) is 1.45. The predicted octanol–water partition coefficient (Wildman–Crippen LogP) is -1.68. The Morgan fingerprint density at radius 3 is 2.11 bits per heavy atom. The first-order valence-electron chi connectivity index (χ1n) is 7.90. The normalized spacial score (nSPS) is 13.7. The first kappa shape index (κ1) is 22.4. The summed E-state index contributed by atoms with van der Waals surface area (Å²) in [5.74, 6) is -2.34. The zero-order chi connectivity index (χ0) is 19.1. The predicted molar refractivity (Wildman–Crippen MR) is 89.7 cm³/mol. The Morgan fingerprint density at radius 2 is 1.63 bits per heavy atom. The molecule has 2 aromatic heterocycles. The van der Waals surface area contributed by atoms with E-state index in [1.165, 1.54) is 25.8 Å². The number of carboxylic acids is 1. The molecular weight excluding hydrogens is 406 g/mol. The van der Waals surface area contributed by atoms with Gasteiger partial charge in [-0.3, -0.25) is 9.59 Å². The van der Waals surface area contributed by atoms with Crippen molar-refractivity contribution in [2.45, 2.75) is 37.9 Å². The molecule has 0 aromatic carbocycles. The molecule has 149 valence electrons. The minimum absolute atomic E-state index is 0. The third kappa shape index (κ3) is 6.85. The van der Waals surface area contributed by atoms with Crippen LogP contribution in [0.15, 0.2) is 25.0 Å². The van der Waals surface area contributed by atoms with Crippen LogP contribution in [0.3, 0.4) is 0 Å². The van der Waals surface area contributed by atoms with Crippen molar-refractivity contribution < 1.29 is 36.6 Å². The average molecular weight is 427 g/mol. The standard InChI is InChI=1S/C15H21N7O4.Cu/c1-8(21-14(24)11(16)2-9-4-17-6-19-9)13(23)22-12(15(25)26)3-10-5-18-7-20-10;/h4-8,11-12H,2-3,16H2,1H3,(H,17,19)(H,18,20)(H,21,24)(H,22,23)(H,25,26);/q;+2/t8-,11-,12-;/m0./s1. The maximum atomic E-state index is 12.2. The number of H-pyrrole nitrogens is 2. The number of hydrogen-bond donors (Lipinski definition) is 6. The van der Waals surface area contributed by atoms with Crippen molar-refractivity contribution in [3.8, 4) is 0 Å². The number of carbonyl (C=O) groups is 3. The van der Waals surface area contributed by atoms with Crippen molar-refractivity contribution in [1.29, 1.82) is 0 Å². The summed E-state index contributed by atoms with van der Waals surface area (Å²) in [6, 6.07) is -2.97. The molecule has 0 aliphatic heterocycles. The molecule has 0 saturated carbocycles. The molecule has 0 bridgehead atoms. The molecule has 0 aliphatic rings. The molecule has 2 heterocycles. The van der Waals surface area contributed by atoms with E-state index in [1.807, 2.05) is 0 Å².